The van der Waals surface area contributed by atoms with E-state index in [-0.39, 0.29) is 17.6 Å². The van der Waals surface area contributed by atoms with E-state index >= 15 is 0 Å². The Labute approximate surface area is 110 Å². The van der Waals surface area contributed by atoms with Crippen LogP contribution >= 0.6 is 0 Å². The second kappa shape index (κ2) is 5.57. The molecule has 1 atom stereocenters. The summed E-state index contributed by atoms with van der Waals surface area (Å²) in [4.78, 5) is 14.6. The van der Waals surface area contributed by atoms with Crippen molar-refractivity contribution in [1.82, 2.24) is 10.2 Å². The lowest BCUT2D eigenvalue weighted by molar-refractivity contribution is -0.161. The van der Waals surface area contributed by atoms with E-state index in [4.69, 9.17) is 4.74 Å². The van der Waals surface area contributed by atoms with E-state index in [2.05, 4.69) is 10.2 Å². The van der Waals surface area contributed by atoms with Crippen molar-refractivity contribution in [2.75, 3.05) is 19.6 Å². The molecule has 2 heterocycles. The molecule has 18 heavy (non-hydrogen) atoms. The molecule has 104 valence electrons. The van der Waals surface area contributed by atoms with Crippen LogP contribution in [0.25, 0.3) is 0 Å². The fourth-order valence-corrected chi connectivity index (χ4v) is 2.99. The normalized spacial score (nSPS) is 27.4. The molecule has 0 aromatic carbocycles. The third kappa shape index (κ3) is 3.45. The summed E-state index contributed by atoms with van der Waals surface area (Å²) < 4.78 is 5.55. The van der Waals surface area contributed by atoms with Gasteiger partial charge in [0.05, 0.1) is 0 Å². The van der Waals surface area contributed by atoms with E-state index in [9.17, 15) is 4.79 Å². The number of rotatable bonds is 2. The zero-order chi connectivity index (χ0) is 13.2. The molecule has 4 heteroatoms. The van der Waals surface area contributed by atoms with Gasteiger partial charge in [0.1, 0.15) is 11.6 Å². The van der Waals surface area contributed by atoms with Crippen molar-refractivity contribution >= 4 is 5.97 Å². The lowest BCUT2D eigenvalue weighted by atomic mass is 10.0. The van der Waals surface area contributed by atoms with Crippen molar-refractivity contribution in [2.24, 2.45) is 0 Å². The Balaban J connectivity index is 1.96. The van der Waals surface area contributed by atoms with Gasteiger partial charge < -0.3 is 10.1 Å². The largest absolute Gasteiger partial charge is 0.459 e. The van der Waals surface area contributed by atoms with Gasteiger partial charge in [-0.15, -0.1) is 0 Å². The Morgan fingerprint density at radius 1 is 1.22 bits per heavy atom. The topological polar surface area (TPSA) is 41.6 Å². The average Bonchev–Trinajstić information content (AvgIpc) is 2.76. The Morgan fingerprint density at radius 3 is 2.50 bits per heavy atom. The Bertz CT molecular complexity index is 293. The summed E-state index contributed by atoms with van der Waals surface area (Å²) in [7, 11) is 0. The highest BCUT2D eigenvalue weighted by Crippen LogP contribution is 2.26. The molecule has 0 spiro atoms. The number of nitrogens with one attached hydrogen (secondary N) is 1. The van der Waals surface area contributed by atoms with E-state index in [0.29, 0.717) is 6.04 Å². The van der Waals surface area contributed by atoms with Crippen molar-refractivity contribution in [2.45, 2.75) is 64.1 Å². The average molecular weight is 254 g/mol. The third-order valence-electron chi connectivity index (χ3n) is 3.75. The zero-order valence-corrected chi connectivity index (χ0v) is 11.9. The van der Waals surface area contributed by atoms with Crippen molar-refractivity contribution in [3.8, 4) is 0 Å². The molecule has 2 fully saturated rings. The third-order valence-corrected chi connectivity index (χ3v) is 3.75. The Kier molecular flexibility index (Phi) is 4.28. The minimum atomic E-state index is -0.376. The maximum absolute atomic E-state index is 12.2. The summed E-state index contributed by atoms with van der Waals surface area (Å²) in [5.41, 5.74) is -0.376. The van der Waals surface area contributed by atoms with Gasteiger partial charge in [0, 0.05) is 6.04 Å². The maximum Gasteiger partial charge on any atom is 0.323 e. The molecule has 0 bridgehead atoms. The molecule has 1 N–H and O–H groups in total. The molecule has 0 aromatic heterocycles. The molecule has 2 aliphatic heterocycles. The number of piperidine rings is 1. The summed E-state index contributed by atoms with van der Waals surface area (Å²) in [5, 5.41) is 3.38. The Hall–Kier alpha value is -0.610. The molecule has 2 aliphatic rings. The summed E-state index contributed by atoms with van der Waals surface area (Å²) >= 11 is 0. The molecule has 0 saturated carbocycles. The van der Waals surface area contributed by atoms with Gasteiger partial charge in [0.2, 0.25) is 0 Å². The molecular formula is C14H26N2O2. The summed E-state index contributed by atoms with van der Waals surface area (Å²) in [5.74, 6) is -0.0291. The fourth-order valence-electron chi connectivity index (χ4n) is 2.99. The maximum atomic E-state index is 12.2. The predicted molar refractivity (Wildman–Crippen MR) is 71.5 cm³/mol. The number of carbonyl (C=O) groups excluding carboxylic acids is 1. The van der Waals surface area contributed by atoms with Gasteiger partial charge in [0.15, 0.2) is 0 Å². The minimum Gasteiger partial charge on any atom is -0.459 e. The van der Waals surface area contributed by atoms with Crippen molar-refractivity contribution in [3.63, 3.8) is 0 Å². The monoisotopic (exact) mass is 254 g/mol. The molecule has 0 aromatic rings. The minimum absolute atomic E-state index is 0.00711. The van der Waals surface area contributed by atoms with Crippen LogP contribution in [0.5, 0.6) is 0 Å². The van der Waals surface area contributed by atoms with E-state index in [0.717, 1.165) is 45.3 Å². The molecule has 0 amide bonds. The quantitative estimate of drug-likeness (QED) is 0.759. The number of nitrogens with zero attached hydrogens (tertiary/aromatic N) is 1. The van der Waals surface area contributed by atoms with Crippen LogP contribution < -0.4 is 5.32 Å². The van der Waals surface area contributed by atoms with Crippen LogP contribution in [0.4, 0.5) is 0 Å². The first-order valence-corrected chi connectivity index (χ1v) is 7.17. The molecule has 2 rings (SSSR count). The molecule has 0 radical (unpaired) electrons. The van der Waals surface area contributed by atoms with Crippen LogP contribution in [-0.4, -0.2) is 48.2 Å². The van der Waals surface area contributed by atoms with E-state index in [1.165, 1.54) is 0 Å². The predicted octanol–water partition coefficient (Wildman–Crippen LogP) is 1.54. The van der Waals surface area contributed by atoms with Crippen LogP contribution in [0, 0.1) is 0 Å². The van der Waals surface area contributed by atoms with Crippen LogP contribution in [0.3, 0.4) is 0 Å². The van der Waals surface area contributed by atoms with Gasteiger partial charge in [0.25, 0.3) is 0 Å². The molecular weight excluding hydrogens is 228 g/mol. The number of esters is 1. The van der Waals surface area contributed by atoms with Gasteiger partial charge in [-0.25, -0.2) is 0 Å². The van der Waals surface area contributed by atoms with Crippen molar-refractivity contribution in [3.05, 3.63) is 0 Å². The lowest BCUT2D eigenvalue weighted by Crippen LogP contribution is -2.49. The summed E-state index contributed by atoms with van der Waals surface area (Å²) in [6, 6.07) is 0.554. The molecule has 0 aliphatic carbocycles. The highest BCUT2D eigenvalue weighted by molar-refractivity contribution is 5.76. The SMILES string of the molecule is CC(C)(C)OC(=O)[C@@H]1CCCN1C1CCNCC1. The van der Waals surface area contributed by atoms with E-state index in [1.54, 1.807) is 0 Å². The standard InChI is InChI=1S/C14H26N2O2/c1-14(2,3)18-13(17)12-5-4-10-16(12)11-6-8-15-9-7-11/h11-12,15H,4-10H2,1-3H3/t12-/m0/s1. The first kappa shape index (κ1) is 13.8. The van der Waals surface area contributed by atoms with Crippen LogP contribution in [0.1, 0.15) is 46.5 Å². The first-order chi connectivity index (χ1) is 8.47. The van der Waals surface area contributed by atoms with E-state index in [1.807, 2.05) is 20.8 Å². The lowest BCUT2D eigenvalue weighted by Gasteiger charge is -2.35. The number of ether oxygens (including phenoxy) is 1. The number of likely N-dealkylation sites (tertiary alicyclic amines) is 1. The summed E-state index contributed by atoms with van der Waals surface area (Å²) in [6.45, 7) is 9.01. The Morgan fingerprint density at radius 2 is 1.89 bits per heavy atom. The van der Waals surface area contributed by atoms with Gasteiger partial charge in [-0.3, -0.25) is 9.69 Å². The smallest absolute Gasteiger partial charge is 0.323 e. The number of hydrogen-bond acceptors (Lipinski definition) is 4. The second-order valence-electron chi connectivity index (χ2n) is 6.41. The molecule has 0 unspecified atom stereocenters. The van der Waals surface area contributed by atoms with Gasteiger partial charge in [-0.1, -0.05) is 0 Å². The van der Waals surface area contributed by atoms with Crippen LogP contribution in [0.15, 0.2) is 0 Å². The van der Waals surface area contributed by atoms with Crippen LogP contribution in [0.2, 0.25) is 0 Å². The highest BCUT2D eigenvalue weighted by Gasteiger charge is 2.37. The highest BCUT2D eigenvalue weighted by atomic mass is 16.6. The number of hydrogen-bond donors (Lipinski definition) is 1. The summed E-state index contributed by atoms with van der Waals surface area (Å²) in [6.07, 6.45) is 4.38. The van der Waals surface area contributed by atoms with Crippen molar-refractivity contribution < 1.29 is 9.53 Å². The van der Waals surface area contributed by atoms with Gasteiger partial charge in [-0.05, 0) is 66.1 Å². The van der Waals surface area contributed by atoms with E-state index < -0.39 is 0 Å². The van der Waals surface area contributed by atoms with Crippen molar-refractivity contribution in [1.29, 1.82) is 0 Å². The first-order valence-electron chi connectivity index (χ1n) is 7.17. The molecule has 4 nitrogen and oxygen atoms in total. The van der Waals surface area contributed by atoms with Crippen LogP contribution in [-0.2, 0) is 9.53 Å². The fraction of sp³-hybridized carbons (Fsp3) is 0.929. The second-order valence-corrected chi connectivity index (χ2v) is 6.41. The van der Waals surface area contributed by atoms with Gasteiger partial charge >= 0.3 is 5.97 Å². The van der Waals surface area contributed by atoms with Gasteiger partial charge in [-0.2, -0.15) is 0 Å². The molecule has 2 saturated heterocycles. The zero-order valence-electron chi connectivity index (χ0n) is 11.9. The number of carbonyl (C=O) groups is 1.